The summed E-state index contributed by atoms with van der Waals surface area (Å²) in [6, 6.07) is 9.39. The van der Waals surface area contributed by atoms with Gasteiger partial charge < -0.3 is 24.8 Å². The van der Waals surface area contributed by atoms with Crippen LogP contribution >= 0.6 is 0 Å². The number of aliphatic hydroxyl groups is 1. The van der Waals surface area contributed by atoms with Crippen molar-refractivity contribution in [3.05, 3.63) is 71.2 Å². The monoisotopic (exact) mass is 358 g/mol. The number of urea groups is 1. The first-order valence-corrected chi connectivity index (χ1v) is 8.07. The number of aliphatic hydroxyl groups excluding tert-OH is 1. The summed E-state index contributed by atoms with van der Waals surface area (Å²) in [7, 11) is 0. The van der Waals surface area contributed by atoms with Gasteiger partial charge in [0.15, 0.2) is 0 Å². The third-order valence-electron chi connectivity index (χ3n) is 3.61. The predicted octanol–water partition coefficient (Wildman–Crippen LogP) is 2.76. The molecule has 26 heavy (non-hydrogen) atoms. The molecule has 0 saturated carbocycles. The van der Waals surface area contributed by atoms with Gasteiger partial charge in [0.05, 0.1) is 12.1 Å². The Labute approximate surface area is 151 Å². The fourth-order valence-electron chi connectivity index (χ4n) is 2.36. The zero-order valence-electron chi connectivity index (χ0n) is 14.6. The summed E-state index contributed by atoms with van der Waals surface area (Å²) in [5.41, 5.74) is 1.81. The van der Waals surface area contributed by atoms with Crippen molar-refractivity contribution in [3.63, 3.8) is 0 Å². The van der Waals surface area contributed by atoms with Crippen molar-refractivity contribution in [3.8, 4) is 0 Å². The maximum Gasteiger partial charge on any atom is 0.335 e. The van der Waals surface area contributed by atoms with E-state index in [1.165, 1.54) is 12.1 Å². The van der Waals surface area contributed by atoms with E-state index in [0.717, 1.165) is 11.1 Å². The Kier molecular flexibility index (Phi) is 6.57. The van der Waals surface area contributed by atoms with E-state index in [0.29, 0.717) is 18.1 Å². The van der Waals surface area contributed by atoms with Crippen LogP contribution in [-0.2, 0) is 19.7 Å². The molecule has 7 heteroatoms. The van der Waals surface area contributed by atoms with Crippen LogP contribution in [0, 0.1) is 0 Å². The van der Waals surface area contributed by atoms with E-state index in [4.69, 9.17) is 14.6 Å². The van der Waals surface area contributed by atoms with Crippen LogP contribution in [0.2, 0.25) is 0 Å². The second kappa shape index (κ2) is 8.87. The summed E-state index contributed by atoms with van der Waals surface area (Å²) < 4.78 is 5.44. The first-order chi connectivity index (χ1) is 12.4. The van der Waals surface area contributed by atoms with Gasteiger partial charge in [-0.2, -0.15) is 0 Å². The van der Waals surface area contributed by atoms with Gasteiger partial charge in [-0.15, -0.1) is 0 Å². The maximum atomic E-state index is 12.5. The number of carboxylic acid groups (broad SMARTS) is 1. The first kappa shape index (κ1) is 19.3. The molecular formula is C19H22N2O5. The number of aromatic carboxylic acids is 1. The van der Waals surface area contributed by atoms with Crippen LogP contribution in [0.1, 0.15) is 34.4 Å². The van der Waals surface area contributed by atoms with Gasteiger partial charge in [0, 0.05) is 13.1 Å². The predicted molar refractivity (Wildman–Crippen MR) is 95.5 cm³/mol. The summed E-state index contributed by atoms with van der Waals surface area (Å²) in [6.45, 7) is 6.34. The number of carbonyl (C=O) groups excluding carboxylic acids is 1. The standard InChI is InChI=1S/C19H22N2O5/c1-13(2)10-21(11-16-7-8-17(12-22)26-16)19(25)20-9-14-3-5-15(6-4-14)18(23)24/h3-8,22H,1,9-12H2,2H3,(H,20,25)(H,23,24). The van der Waals surface area contributed by atoms with Gasteiger partial charge in [-0.1, -0.05) is 24.3 Å². The van der Waals surface area contributed by atoms with Crippen LogP contribution in [0.5, 0.6) is 0 Å². The number of hydrogen-bond acceptors (Lipinski definition) is 4. The Morgan fingerprint density at radius 2 is 1.81 bits per heavy atom. The molecule has 2 amide bonds. The van der Waals surface area contributed by atoms with Crippen molar-refractivity contribution in [1.82, 2.24) is 10.2 Å². The fourth-order valence-corrected chi connectivity index (χ4v) is 2.36. The third-order valence-corrected chi connectivity index (χ3v) is 3.61. The highest BCUT2D eigenvalue weighted by Gasteiger charge is 2.16. The van der Waals surface area contributed by atoms with Gasteiger partial charge in [-0.25, -0.2) is 9.59 Å². The molecule has 0 bridgehead atoms. The van der Waals surface area contributed by atoms with Gasteiger partial charge in [-0.05, 0) is 36.8 Å². The molecule has 0 fully saturated rings. The van der Waals surface area contributed by atoms with Crippen LogP contribution in [-0.4, -0.2) is 33.7 Å². The van der Waals surface area contributed by atoms with Gasteiger partial charge >= 0.3 is 12.0 Å². The van der Waals surface area contributed by atoms with E-state index < -0.39 is 5.97 Å². The Morgan fingerprint density at radius 1 is 1.15 bits per heavy atom. The van der Waals surface area contributed by atoms with Crippen molar-refractivity contribution in [2.75, 3.05) is 6.54 Å². The van der Waals surface area contributed by atoms with Crippen molar-refractivity contribution in [2.24, 2.45) is 0 Å². The smallest absolute Gasteiger partial charge is 0.335 e. The molecule has 1 aromatic carbocycles. The number of nitrogens with zero attached hydrogens (tertiary/aromatic N) is 1. The first-order valence-electron chi connectivity index (χ1n) is 8.07. The number of carboxylic acids is 1. The van der Waals surface area contributed by atoms with Crippen LogP contribution in [0.15, 0.2) is 53.0 Å². The highest BCUT2D eigenvalue weighted by Crippen LogP contribution is 2.12. The van der Waals surface area contributed by atoms with Gasteiger partial charge in [0.1, 0.15) is 18.1 Å². The van der Waals surface area contributed by atoms with Crippen LogP contribution in [0.4, 0.5) is 4.79 Å². The van der Waals surface area contributed by atoms with Crippen molar-refractivity contribution in [2.45, 2.75) is 26.6 Å². The minimum absolute atomic E-state index is 0.195. The Morgan fingerprint density at radius 3 is 2.35 bits per heavy atom. The van der Waals surface area contributed by atoms with E-state index in [2.05, 4.69) is 11.9 Å². The number of amides is 2. The molecule has 0 aliphatic carbocycles. The van der Waals surface area contributed by atoms with Crippen LogP contribution in [0.3, 0.4) is 0 Å². The number of nitrogens with one attached hydrogen (secondary N) is 1. The highest BCUT2D eigenvalue weighted by atomic mass is 16.4. The van der Waals surface area contributed by atoms with Gasteiger partial charge in [-0.3, -0.25) is 0 Å². The third kappa shape index (κ3) is 5.49. The molecule has 0 spiro atoms. The average molecular weight is 358 g/mol. The lowest BCUT2D eigenvalue weighted by atomic mass is 10.1. The molecule has 138 valence electrons. The summed E-state index contributed by atoms with van der Waals surface area (Å²) in [5, 5.41) is 20.8. The van der Waals surface area contributed by atoms with Crippen molar-refractivity contribution >= 4 is 12.0 Å². The zero-order valence-corrected chi connectivity index (χ0v) is 14.6. The van der Waals surface area contributed by atoms with Crippen LogP contribution < -0.4 is 5.32 Å². The minimum Gasteiger partial charge on any atom is -0.478 e. The second-order valence-corrected chi connectivity index (χ2v) is 6.00. The molecule has 2 rings (SSSR count). The van der Waals surface area contributed by atoms with Crippen molar-refractivity contribution < 1.29 is 24.2 Å². The summed E-state index contributed by atoms with van der Waals surface area (Å²) in [5.74, 6) is 0.0133. The molecule has 3 N–H and O–H groups in total. The molecule has 0 aliphatic heterocycles. The molecule has 2 aromatic rings. The summed E-state index contributed by atoms with van der Waals surface area (Å²) in [6.07, 6.45) is 0. The number of rotatable bonds is 8. The number of furan rings is 1. The maximum absolute atomic E-state index is 12.5. The van der Waals surface area contributed by atoms with Crippen LogP contribution in [0.25, 0.3) is 0 Å². The number of hydrogen-bond donors (Lipinski definition) is 3. The largest absolute Gasteiger partial charge is 0.478 e. The molecular weight excluding hydrogens is 336 g/mol. The molecule has 0 atom stereocenters. The van der Waals surface area contributed by atoms with Gasteiger partial charge in [0.2, 0.25) is 0 Å². The molecule has 0 unspecified atom stereocenters. The number of carbonyl (C=O) groups is 2. The molecule has 0 aliphatic rings. The molecule has 0 saturated heterocycles. The normalized spacial score (nSPS) is 10.4. The zero-order chi connectivity index (χ0) is 19.1. The second-order valence-electron chi connectivity index (χ2n) is 6.00. The molecule has 1 aromatic heterocycles. The van der Waals surface area contributed by atoms with Gasteiger partial charge in [0.25, 0.3) is 0 Å². The molecule has 1 heterocycles. The lowest BCUT2D eigenvalue weighted by Crippen LogP contribution is -2.40. The molecule has 7 nitrogen and oxygen atoms in total. The molecule has 0 radical (unpaired) electrons. The van der Waals surface area contributed by atoms with E-state index in [-0.39, 0.29) is 31.3 Å². The summed E-state index contributed by atoms with van der Waals surface area (Å²) >= 11 is 0. The minimum atomic E-state index is -0.992. The van der Waals surface area contributed by atoms with E-state index in [1.807, 2.05) is 6.92 Å². The van der Waals surface area contributed by atoms with E-state index >= 15 is 0 Å². The van der Waals surface area contributed by atoms with E-state index in [1.54, 1.807) is 29.2 Å². The fraction of sp³-hybridized carbons (Fsp3) is 0.263. The lowest BCUT2D eigenvalue weighted by molar-refractivity contribution is 0.0697. The SMILES string of the molecule is C=C(C)CN(Cc1ccc(CO)o1)C(=O)NCc1ccc(C(=O)O)cc1. The number of benzene rings is 1. The highest BCUT2D eigenvalue weighted by molar-refractivity contribution is 5.87. The Bertz CT molecular complexity index is 779. The quantitative estimate of drug-likeness (QED) is 0.630. The Hall–Kier alpha value is -3.06. The Balaban J connectivity index is 1.99. The topological polar surface area (TPSA) is 103 Å². The lowest BCUT2D eigenvalue weighted by Gasteiger charge is -2.22. The van der Waals surface area contributed by atoms with E-state index in [9.17, 15) is 9.59 Å². The summed E-state index contributed by atoms with van der Waals surface area (Å²) in [4.78, 5) is 24.9. The average Bonchev–Trinajstić information content (AvgIpc) is 3.06. The van der Waals surface area contributed by atoms with Crippen molar-refractivity contribution in [1.29, 1.82) is 0 Å².